The number of piperazine rings is 1. The van der Waals surface area contributed by atoms with Gasteiger partial charge in [-0.25, -0.2) is 0 Å². The maximum Gasteiger partial charge on any atom is 0.416 e. The van der Waals surface area contributed by atoms with Gasteiger partial charge in [0.1, 0.15) is 11.9 Å². The van der Waals surface area contributed by atoms with Crippen molar-refractivity contribution < 1.29 is 27.5 Å². The van der Waals surface area contributed by atoms with E-state index in [1.54, 1.807) is 24.3 Å². The molecule has 2 aromatic carbocycles. The van der Waals surface area contributed by atoms with Crippen molar-refractivity contribution in [3.05, 3.63) is 64.7 Å². The highest BCUT2D eigenvalue weighted by molar-refractivity contribution is 6.30. The van der Waals surface area contributed by atoms with Gasteiger partial charge >= 0.3 is 6.18 Å². The number of likely N-dealkylation sites (N-methyl/N-ethyl adjacent to an activating group) is 1. The highest BCUT2D eigenvalue weighted by Crippen LogP contribution is 2.31. The Balaban J connectivity index is 1.51. The summed E-state index contributed by atoms with van der Waals surface area (Å²) in [7, 11) is 2.01. The van der Waals surface area contributed by atoms with Crippen LogP contribution in [0.4, 0.5) is 13.2 Å². The molecule has 4 rings (SSSR count). The number of halogens is 4. The second-order valence-corrected chi connectivity index (χ2v) is 9.82. The molecule has 2 atom stereocenters. The van der Waals surface area contributed by atoms with Crippen molar-refractivity contribution in [3.63, 3.8) is 0 Å². The third kappa shape index (κ3) is 6.50. The SMILES string of the molecule is CN1CCN(C(=O)C[C@H]2CN(C(=O)c3cccc(C(F)(F)F)c3)CC[C@@H]2Oc2cccc(Cl)c2)CC1. The van der Waals surface area contributed by atoms with Crippen LogP contribution >= 0.6 is 11.6 Å². The van der Waals surface area contributed by atoms with Crippen molar-refractivity contribution in [1.82, 2.24) is 14.7 Å². The van der Waals surface area contributed by atoms with E-state index in [-0.39, 0.29) is 36.5 Å². The molecule has 0 aromatic heterocycles. The minimum Gasteiger partial charge on any atom is -0.490 e. The van der Waals surface area contributed by atoms with Gasteiger partial charge in [0.25, 0.3) is 5.91 Å². The first-order valence-corrected chi connectivity index (χ1v) is 12.3. The van der Waals surface area contributed by atoms with Gasteiger partial charge in [-0.15, -0.1) is 0 Å². The van der Waals surface area contributed by atoms with Crippen LogP contribution in [-0.4, -0.2) is 78.9 Å². The Labute approximate surface area is 213 Å². The molecule has 2 aromatic rings. The molecule has 6 nitrogen and oxygen atoms in total. The summed E-state index contributed by atoms with van der Waals surface area (Å²) in [5.74, 6) is -0.248. The Morgan fingerprint density at radius 3 is 2.42 bits per heavy atom. The van der Waals surface area contributed by atoms with Gasteiger partial charge in [0.2, 0.25) is 5.91 Å². The predicted octanol–water partition coefficient (Wildman–Crippen LogP) is 4.43. The summed E-state index contributed by atoms with van der Waals surface area (Å²) in [5.41, 5.74) is -0.891. The molecular formula is C26H29ClF3N3O3. The van der Waals surface area contributed by atoms with Crippen molar-refractivity contribution >= 4 is 23.4 Å². The Kier molecular flexibility index (Phi) is 8.10. The molecular weight excluding hydrogens is 495 g/mol. The van der Waals surface area contributed by atoms with E-state index in [9.17, 15) is 22.8 Å². The van der Waals surface area contributed by atoms with Crippen molar-refractivity contribution in [2.75, 3.05) is 46.3 Å². The number of ether oxygens (including phenoxy) is 1. The van der Waals surface area contributed by atoms with Crippen LogP contribution in [0, 0.1) is 5.92 Å². The Bertz CT molecular complexity index is 1090. The lowest BCUT2D eigenvalue weighted by atomic mass is 9.90. The molecule has 0 saturated carbocycles. The fourth-order valence-corrected chi connectivity index (χ4v) is 4.86. The van der Waals surface area contributed by atoms with E-state index in [2.05, 4.69) is 4.90 Å². The molecule has 2 fully saturated rings. The van der Waals surface area contributed by atoms with Crippen molar-refractivity contribution in [2.45, 2.75) is 25.1 Å². The summed E-state index contributed by atoms with van der Waals surface area (Å²) in [6, 6.07) is 11.4. The zero-order valence-corrected chi connectivity index (χ0v) is 20.8. The van der Waals surface area contributed by atoms with Crippen LogP contribution in [0.25, 0.3) is 0 Å². The number of carbonyl (C=O) groups excluding carboxylic acids is 2. The lowest BCUT2D eigenvalue weighted by Crippen LogP contribution is -2.51. The van der Waals surface area contributed by atoms with Crippen LogP contribution in [0.5, 0.6) is 5.75 Å². The molecule has 0 spiro atoms. The summed E-state index contributed by atoms with van der Waals surface area (Å²) < 4.78 is 45.7. The maximum absolute atomic E-state index is 13.2. The van der Waals surface area contributed by atoms with E-state index in [0.29, 0.717) is 36.8 Å². The van der Waals surface area contributed by atoms with Gasteiger partial charge in [0.15, 0.2) is 0 Å². The Morgan fingerprint density at radius 2 is 1.72 bits per heavy atom. The molecule has 2 heterocycles. The standard InChI is InChI=1S/C26H29ClF3N3O3/c1-31-10-12-32(13-11-31)24(34)15-19-17-33(9-8-23(19)36-22-7-3-6-21(27)16-22)25(35)18-4-2-5-20(14-18)26(28,29)30/h2-7,14,16,19,23H,8-13,15,17H2,1H3/t19-,23-/m0/s1. The minimum absolute atomic E-state index is 0.0128. The van der Waals surface area contributed by atoms with Crippen LogP contribution in [-0.2, 0) is 11.0 Å². The summed E-state index contributed by atoms with van der Waals surface area (Å²) in [6.45, 7) is 3.36. The summed E-state index contributed by atoms with van der Waals surface area (Å²) >= 11 is 6.10. The predicted molar refractivity (Wildman–Crippen MR) is 130 cm³/mol. The number of rotatable bonds is 5. The third-order valence-electron chi connectivity index (χ3n) is 6.76. The summed E-state index contributed by atoms with van der Waals surface area (Å²) in [6.07, 6.45) is -4.25. The zero-order valence-electron chi connectivity index (χ0n) is 20.0. The monoisotopic (exact) mass is 523 g/mol. The molecule has 0 radical (unpaired) electrons. The largest absolute Gasteiger partial charge is 0.490 e. The Morgan fingerprint density at radius 1 is 1.00 bits per heavy atom. The van der Waals surface area contributed by atoms with E-state index in [1.807, 2.05) is 11.9 Å². The summed E-state index contributed by atoms with van der Waals surface area (Å²) in [4.78, 5) is 31.8. The topological polar surface area (TPSA) is 53.1 Å². The van der Waals surface area contributed by atoms with Crippen molar-refractivity contribution in [2.24, 2.45) is 5.92 Å². The first-order valence-electron chi connectivity index (χ1n) is 12.0. The van der Waals surface area contributed by atoms with E-state index < -0.39 is 17.6 Å². The average molecular weight is 524 g/mol. The molecule has 0 N–H and O–H groups in total. The maximum atomic E-state index is 13.2. The number of hydrogen-bond donors (Lipinski definition) is 0. The number of alkyl halides is 3. The van der Waals surface area contributed by atoms with E-state index in [0.717, 1.165) is 25.2 Å². The fourth-order valence-electron chi connectivity index (χ4n) is 4.68. The highest BCUT2D eigenvalue weighted by Gasteiger charge is 2.37. The molecule has 36 heavy (non-hydrogen) atoms. The van der Waals surface area contributed by atoms with E-state index >= 15 is 0 Å². The number of hydrogen-bond acceptors (Lipinski definition) is 4. The number of benzene rings is 2. The van der Waals surface area contributed by atoms with Gasteiger partial charge in [-0.1, -0.05) is 23.7 Å². The van der Waals surface area contributed by atoms with E-state index in [1.165, 1.54) is 17.0 Å². The van der Waals surface area contributed by atoms with Crippen molar-refractivity contribution in [3.8, 4) is 5.75 Å². The first kappa shape index (κ1) is 26.3. The van der Waals surface area contributed by atoms with Crippen LogP contribution in [0.2, 0.25) is 5.02 Å². The van der Waals surface area contributed by atoms with Crippen molar-refractivity contribution in [1.29, 1.82) is 0 Å². The molecule has 2 amide bonds. The molecule has 0 unspecified atom stereocenters. The number of amides is 2. The number of carbonyl (C=O) groups is 2. The Hall–Kier alpha value is -2.78. The molecule has 0 bridgehead atoms. The third-order valence-corrected chi connectivity index (χ3v) is 7.00. The van der Waals surface area contributed by atoms with Gasteiger partial charge in [-0.3, -0.25) is 9.59 Å². The van der Waals surface area contributed by atoms with Gasteiger partial charge in [0, 0.05) is 68.6 Å². The highest BCUT2D eigenvalue weighted by atomic mass is 35.5. The summed E-state index contributed by atoms with van der Waals surface area (Å²) in [5, 5.41) is 0.523. The van der Waals surface area contributed by atoms with Crippen LogP contribution in [0.3, 0.4) is 0 Å². The quantitative estimate of drug-likeness (QED) is 0.582. The second kappa shape index (κ2) is 11.1. The molecule has 10 heteroatoms. The average Bonchev–Trinajstić information content (AvgIpc) is 2.84. The number of nitrogens with zero attached hydrogens (tertiary/aromatic N) is 3. The smallest absolute Gasteiger partial charge is 0.416 e. The molecule has 2 aliphatic heterocycles. The molecule has 0 aliphatic carbocycles. The lowest BCUT2D eigenvalue weighted by Gasteiger charge is -2.40. The molecule has 194 valence electrons. The molecule has 2 saturated heterocycles. The van der Waals surface area contributed by atoms with Crippen LogP contribution < -0.4 is 4.74 Å². The van der Waals surface area contributed by atoms with Gasteiger partial charge in [-0.2, -0.15) is 13.2 Å². The van der Waals surface area contributed by atoms with Crippen LogP contribution in [0.15, 0.2) is 48.5 Å². The first-order chi connectivity index (χ1) is 17.1. The number of likely N-dealkylation sites (tertiary alicyclic amines) is 1. The van der Waals surface area contributed by atoms with Crippen LogP contribution in [0.1, 0.15) is 28.8 Å². The van der Waals surface area contributed by atoms with E-state index in [4.69, 9.17) is 16.3 Å². The van der Waals surface area contributed by atoms with Gasteiger partial charge < -0.3 is 19.4 Å². The number of piperidine rings is 1. The zero-order chi connectivity index (χ0) is 25.9. The second-order valence-electron chi connectivity index (χ2n) is 9.38. The van der Waals surface area contributed by atoms with Gasteiger partial charge in [-0.05, 0) is 43.4 Å². The molecule has 2 aliphatic rings. The minimum atomic E-state index is -4.54. The fraction of sp³-hybridized carbons (Fsp3) is 0.462. The normalized spacial score (nSPS) is 21.4. The lowest BCUT2D eigenvalue weighted by molar-refractivity contribution is -0.137. The van der Waals surface area contributed by atoms with Gasteiger partial charge in [0.05, 0.1) is 5.56 Å².